The zero-order chi connectivity index (χ0) is 21.0. The summed E-state index contributed by atoms with van der Waals surface area (Å²) < 4.78 is 44.5. The Morgan fingerprint density at radius 2 is 1.97 bits per heavy atom. The Kier molecular flexibility index (Phi) is 6.26. The Hall–Kier alpha value is -3.22. The van der Waals surface area contributed by atoms with Gasteiger partial charge in [-0.3, -0.25) is 0 Å². The number of alkyl halides is 2. The number of amides is 2. The highest BCUT2D eigenvalue weighted by Gasteiger charge is 2.20. The number of benzene rings is 1. The van der Waals surface area contributed by atoms with Crippen molar-refractivity contribution in [3.8, 4) is 11.7 Å². The van der Waals surface area contributed by atoms with Gasteiger partial charge in [-0.1, -0.05) is 0 Å². The van der Waals surface area contributed by atoms with E-state index in [0.29, 0.717) is 5.82 Å². The van der Waals surface area contributed by atoms with Crippen molar-refractivity contribution in [3.05, 3.63) is 53.0 Å². The molecule has 0 aliphatic carbocycles. The number of rotatable bonds is 6. The van der Waals surface area contributed by atoms with Crippen LogP contribution in [-0.2, 0) is 0 Å². The highest BCUT2D eigenvalue weighted by atomic mass is 79.9. The van der Waals surface area contributed by atoms with E-state index in [-0.39, 0.29) is 16.1 Å². The number of nitrogens with one attached hydrogen (secondary N) is 2. The molecule has 0 fully saturated rings. The average Bonchev–Trinajstić information content (AvgIpc) is 3.16. The van der Waals surface area contributed by atoms with Crippen LogP contribution in [0.3, 0.4) is 0 Å². The van der Waals surface area contributed by atoms with Gasteiger partial charge in [0.2, 0.25) is 0 Å². The van der Waals surface area contributed by atoms with Gasteiger partial charge in [0.15, 0.2) is 11.6 Å². The van der Waals surface area contributed by atoms with E-state index in [1.165, 1.54) is 23.4 Å². The molecular weight excluding hydrogens is 459 g/mol. The van der Waals surface area contributed by atoms with E-state index in [9.17, 15) is 18.0 Å². The zero-order valence-corrected chi connectivity index (χ0v) is 16.3. The molecule has 13 heteroatoms. The summed E-state index contributed by atoms with van der Waals surface area (Å²) in [5, 5.41) is 8.85. The number of carbonyl (C=O) groups excluding carboxylic acids is 1. The maximum atomic E-state index is 13.8. The highest BCUT2D eigenvalue weighted by Crippen LogP contribution is 2.32. The van der Waals surface area contributed by atoms with Gasteiger partial charge < -0.3 is 15.4 Å². The first-order valence-electron chi connectivity index (χ1n) is 8.04. The summed E-state index contributed by atoms with van der Waals surface area (Å²) in [6.45, 7) is -1.54. The van der Waals surface area contributed by atoms with E-state index in [1.807, 2.05) is 0 Å². The average molecular weight is 472 g/mol. The molecule has 0 spiro atoms. The van der Waals surface area contributed by atoms with Crippen LogP contribution in [0.4, 0.5) is 23.7 Å². The second-order valence-corrected chi connectivity index (χ2v) is 6.39. The molecule has 0 bridgehead atoms. The molecule has 3 rings (SSSR count). The summed E-state index contributed by atoms with van der Waals surface area (Å²) >= 11 is 2.87. The Labute approximate surface area is 170 Å². The molecule has 0 aliphatic heterocycles. The van der Waals surface area contributed by atoms with Gasteiger partial charge in [-0.15, -0.1) is 0 Å². The molecule has 2 heterocycles. The highest BCUT2D eigenvalue weighted by molar-refractivity contribution is 9.10. The standard InChI is InChI=1S/C16H13BrF3N7O2/c1-8(13-23-7-24-27(13)15-21-3-2-4-22-15)25-16(28)26-11-6-10(18)9(17)5-12(11)29-14(19)20/h2-8,14H,1H3,(H2,25,26,28)/t8-/m0/s1. The summed E-state index contributed by atoms with van der Waals surface area (Å²) in [6.07, 6.45) is 4.30. The van der Waals surface area contributed by atoms with Crippen LogP contribution < -0.4 is 15.4 Å². The van der Waals surface area contributed by atoms with E-state index >= 15 is 0 Å². The minimum absolute atomic E-state index is 0.0940. The molecule has 2 amide bonds. The number of anilines is 1. The number of nitrogens with zero attached hydrogens (tertiary/aromatic N) is 5. The second kappa shape index (κ2) is 8.86. The molecule has 0 aliphatic rings. The van der Waals surface area contributed by atoms with Crippen molar-refractivity contribution < 1.29 is 22.7 Å². The SMILES string of the molecule is C[C@H](NC(=O)Nc1cc(F)c(Br)cc1OC(F)F)c1ncnn1-c1ncccn1. The zero-order valence-electron chi connectivity index (χ0n) is 14.7. The Morgan fingerprint density at radius 3 is 2.66 bits per heavy atom. The number of hydrogen-bond acceptors (Lipinski definition) is 6. The van der Waals surface area contributed by atoms with Gasteiger partial charge in [-0.25, -0.2) is 24.1 Å². The first-order valence-corrected chi connectivity index (χ1v) is 8.83. The van der Waals surface area contributed by atoms with Crippen molar-refractivity contribution in [1.82, 2.24) is 30.0 Å². The van der Waals surface area contributed by atoms with Crippen LogP contribution in [0.5, 0.6) is 5.75 Å². The van der Waals surface area contributed by atoms with Crippen molar-refractivity contribution in [2.24, 2.45) is 0 Å². The van der Waals surface area contributed by atoms with Crippen LogP contribution in [0.1, 0.15) is 18.8 Å². The van der Waals surface area contributed by atoms with Crippen LogP contribution in [0.2, 0.25) is 0 Å². The van der Waals surface area contributed by atoms with Crippen molar-refractivity contribution >= 4 is 27.6 Å². The maximum absolute atomic E-state index is 13.8. The minimum Gasteiger partial charge on any atom is -0.433 e. The van der Waals surface area contributed by atoms with Gasteiger partial charge in [0.05, 0.1) is 16.2 Å². The van der Waals surface area contributed by atoms with E-state index < -0.39 is 30.3 Å². The third-order valence-corrected chi connectivity index (χ3v) is 4.15. The summed E-state index contributed by atoms with van der Waals surface area (Å²) in [5.41, 5.74) is -0.274. The lowest BCUT2D eigenvalue weighted by Crippen LogP contribution is -2.33. The number of hydrogen-bond donors (Lipinski definition) is 2. The Bertz CT molecular complexity index is 1000. The van der Waals surface area contributed by atoms with Gasteiger partial charge in [-0.05, 0) is 35.0 Å². The van der Waals surface area contributed by atoms with Crippen LogP contribution in [0.25, 0.3) is 5.95 Å². The van der Waals surface area contributed by atoms with Gasteiger partial charge in [0.25, 0.3) is 5.95 Å². The lowest BCUT2D eigenvalue weighted by molar-refractivity contribution is -0.0494. The third kappa shape index (κ3) is 4.99. The first kappa shape index (κ1) is 20.5. The van der Waals surface area contributed by atoms with E-state index in [0.717, 1.165) is 12.1 Å². The number of urea groups is 1. The van der Waals surface area contributed by atoms with E-state index in [4.69, 9.17) is 0 Å². The van der Waals surface area contributed by atoms with Crippen molar-refractivity contribution in [1.29, 1.82) is 0 Å². The van der Waals surface area contributed by atoms with Gasteiger partial charge in [-0.2, -0.15) is 18.6 Å². The van der Waals surface area contributed by atoms with Gasteiger partial charge in [0, 0.05) is 18.5 Å². The van der Waals surface area contributed by atoms with Gasteiger partial charge in [0.1, 0.15) is 12.1 Å². The fourth-order valence-corrected chi connectivity index (χ4v) is 2.66. The number of carbonyl (C=O) groups is 1. The lowest BCUT2D eigenvalue weighted by atomic mass is 10.2. The molecule has 3 aromatic rings. The molecule has 0 unspecified atom stereocenters. The predicted octanol–water partition coefficient (Wildman–Crippen LogP) is 3.44. The van der Waals surface area contributed by atoms with Gasteiger partial charge >= 0.3 is 12.6 Å². The molecule has 0 saturated carbocycles. The molecular formula is C16H13BrF3N7O2. The summed E-state index contributed by atoms with van der Waals surface area (Å²) in [7, 11) is 0. The topological polar surface area (TPSA) is 107 Å². The number of halogens is 4. The maximum Gasteiger partial charge on any atom is 0.387 e. The molecule has 2 N–H and O–H groups in total. The smallest absolute Gasteiger partial charge is 0.387 e. The molecule has 0 radical (unpaired) electrons. The van der Waals surface area contributed by atoms with Crippen LogP contribution in [-0.4, -0.2) is 37.4 Å². The fourth-order valence-electron chi connectivity index (χ4n) is 2.34. The van der Waals surface area contributed by atoms with Crippen molar-refractivity contribution in [2.75, 3.05) is 5.32 Å². The monoisotopic (exact) mass is 471 g/mol. The minimum atomic E-state index is -3.15. The van der Waals surface area contributed by atoms with Crippen LogP contribution in [0.15, 0.2) is 41.4 Å². The van der Waals surface area contributed by atoms with E-state index in [1.54, 1.807) is 13.0 Å². The molecule has 29 heavy (non-hydrogen) atoms. The molecule has 9 nitrogen and oxygen atoms in total. The molecule has 0 saturated heterocycles. The first-order chi connectivity index (χ1) is 13.8. The Morgan fingerprint density at radius 1 is 1.24 bits per heavy atom. The molecule has 1 atom stereocenters. The van der Waals surface area contributed by atoms with Crippen molar-refractivity contribution in [3.63, 3.8) is 0 Å². The van der Waals surface area contributed by atoms with Crippen LogP contribution in [0, 0.1) is 5.82 Å². The second-order valence-electron chi connectivity index (χ2n) is 5.54. The Balaban J connectivity index is 1.75. The molecule has 152 valence electrons. The lowest BCUT2D eigenvalue weighted by Gasteiger charge is -2.16. The fraction of sp³-hybridized carbons (Fsp3) is 0.188. The largest absolute Gasteiger partial charge is 0.433 e. The summed E-state index contributed by atoms with van der Waals surface area (Å²) in [6, 6.07) is 1.99. The number of aromatic nitrogens is 5. The third-order valence-electron chi connectivity index (χ3n) is 3.54. The molecule has 1 aromatic carbocycles. The van der Waals surface area contributed by atoms with Crippen molar-refractivity contribution in [2.45, 2.75) is 19.6 Å². The quantitative estimate of drug-likeness (QED) is 0.570. The predicted molar refractivity (Wildman–Crippen MR) is 98.3 cm³/mol. The summed E-state index contributed by atoms with van der Waals surface area (Å²) in [4.78, 5) is 24.5. The number of ether oxygens (including phenoxy) is 1. The van der Waals surface area contributed by atoms with E-state index in [2.05, 4.69) is 51.4 Å². The summed E-state index contributed by atoms with van der Waals surface area (Å²) in [5.74, 6) is -0.609. The normalized spacial score (nSPS) is 11.9. The molecule has 2 aromatic heterocycles. The van der Waals surface area contributed by atoms with Crippen LogP contribution >= 0.6 is 15.9 Å².